The zero-order chi connectivity index (χ0) is 24.2. The number of sulfonamides is 1. The summed E-state index contributed by atoms with van der Waals surface area (Å²) in [6.45, 7) is 7.42. The molecule has 0 radical (unpaired) electrons. The normalized spacial score (nSPS) is 17.0. The van der Waals surface area contributed by atoms with Crippen molar-refractivity contribution in [3.63, 3.8) is 0 Å². The lowest BCUT2D eigenvalue weighted by molar-refractivity contribution is 0.0244. The smallest absolute Gasteiger partial charge is 0.264 e. The molecule has 0 saturated carbocycles. The van der Waals surface area contributed by atoms with Crippen LogP contribution in [-0.4, -0.2) is 44.7 Å². The van der Waals surface area contributed by atoms with Crippen LogP contribution in [0.2, 0.25) is 0 Å². The van der Waals surface area contributed by atoms with Gasteiger partial charge >= 0.3 is 0 Å². The summed E-state index contributed by atoms with van der Waals surface area (Å²) in [4.78, 5) is 0.0970. The monoisotopic (exact) mass is 494 g/mol. The first-order valence-electron chi connectivity index (χ1n) is 11.3. The van der Waals surface area contributed by atoms with Gasteiger partial charge in [0.1, 0.15) is 11.9 Å². The molecule has 9 heteroatoms. The quantitative estimate of drug-likeness (QED) is 0.545. The molecule has 33 heavy (non-hydrogen) atoms. The Morgan fingerprint density at radius 1 is 1.09 bits per heavy atom. The molecule has 1 unspecified atom stereocenters. The highest BCUT2D eigenvalue weighted by molar-refractivity contribution is 7.93. The van der Waals surface area contributed by atoms with Crippen molar-refractivity contribution in [3.8, 4) is 5.75 Å². The van der Waals surface area contributed by atoms with E-state index in [4.69, 9.17) is 14.3 Å². The lowest BCUT2D eigenvalue weighted by Gasteiger charge is -2.27. The second-order valence-electron chi connectivity index (χ2n) is 8.83. The van der Waals surface area contributed by atoms with Crippen LogP contribution < -0.4 is 9.04 Å². The average molecular weight is 495 g/mol. The molecule has 7 nitrogen and oxygen atoms in total. The Morgan fingerprint density at radius 3 is 2.27 bits per heavy atom. The molecule has 3 rings (SSSR count). The standard InChI is InChI=1S/C24H34N2O5S2/c1-5-19-6-8-20(9-7-19)26(17-18(2)3)33(28,29)22-10-11-23(24(16-22)32(4,25)27)31-21-12-14-30-15-13-21/h6-11,16,18,21,25H,5,12-15,17H2,1-4H3. The molecule has 1 heterocycles. The number of nitrogens with zero attached hydrogens (tertiary/aromatic N) is 1. The van der Waals surface area contributed by atoms with Crippen molar-refractivity contribution in [2.75, 3.05) is 30.3 Å². The van der Waals surface area contributed by atoms with Gasteiger partial charge in [0, 0.05) is 25.6 Å². The maximum absolute atomic E-state index is 13.7. The number of aryl methyl sites for hydroxylation is 1. The first-order valence-corrected chi connectivity index (χ1v) is 14.7. The number of hydrogen-bond acceptors (Lipinski definition) is 6. The molecule has 0 aliphatic carbocycles. The average Bonchev–Trinajstić information content (AvgIpc) is 2.77. The van der Waals surface area contributed by atoms with Gasteiger partial charge in [0.2, 0.25) is 0 Å². The van der Waals surface area contributed by atoms with Crippen LogP contribution in [0, 0.1) is 10.7 Å². The lowest BCUT2D eigenvalue weighted by Crippen LogP contribution is -2.34. The predicted octanol–water partition coefficient (Wildman–Crippen LogP) is 4.69. The van der Waals surface area contributed by atoms with Crippen molar-refractivity contribution >= 4 is 25.4 Å². The van der Waals surface area contributed by atoms with Crippen molar-refractivity contribution in [2.24, 2.45) is 5.92 Å². The zero-order valence-corrected chi connectivity index (χ0v) is 21.4. The van der Waals surface area contributed by atoms with E-state index in [1.807, 2.05) is 45.0 Å². The molecule has 1 N–H and O–H groups in total. The molecule has 1 aliphatic heterocycles. The number of hydrogen-bond donors (Lipinski definition) is 1. The minimum absolute atomic E-state index is 0.00105. The molecule has 0 aromatic heterocycles. The third kappa shape index (κ3) is 6.28. The van der Waals surface area contributed by atoms with E-state index in [2.05, 4.69) is 0 Å². The third-order valence-corrected chi connectivity index (χ3v) is 8.50. The molecule has 0 amide bonds. The molecule has 2 aromatic carbocycles. The van der Waals surface area contributed by atoms with Gasteiger partial charge in [-0.1, -0.05) is 32.9 Å². The van der Waals surface area contributed by atoms with Gasteiger partial charge in [-0.3, -0.25) is 4.31 Å². The van der Waals surface area contributed by atoms with Crippen LogP contribution in [0.1, 0.15) is 39.2 Å². The van der Waals surface area contributed by atoms with Crippen LogP contribution in [0.15, 0.2) is 52.3 Å². The molecule has 0 spiro atoms. The highest BCUT2D eigenvalue weighted by Gasteiger charge is 2.28. The highest BCUT2D eigenvalue weighted by atomic mass is 32.2. The zero-order valence-electron chi connectivity index (χ0n) is 19.7. The number of ether oxygens (including phenoxy) is 2. The molecule has 182 valence electrons. The Hall–Kier alpha value is -2.10. The molecule has 1 saturated heterocycles. The van der Waals surface area contributed by atoms with Crippen LogP contribution in [-0.2, 0) is 30.9 Å². The second kappa shape index (κ2) is 10.4. The fourth-order valence-electron chi connectivity index (χ4n) is 3.72. The highest BCUT2D eigenvalue weighted by Crippen LogP contribution is 2.32. The van der Waals surface area contributed by atoms with Crippen molar-refractivity contribution in [3.05, 3.63) is 48.0 Å². The first kappa shape index (κ1) is 25.5. The van der Waals surface area contributed by atoms with Crippen LogP contribution in [0.25, 0.3) is 0 Å². The number of rotatable bonds is 9. The first-order chi connectivity index (χ1) is 15.5. The summed E-state index contributed by atoms with van der Waals surface area (Å²) >= 11 is 0. The van der Waals surface area contributed by atoms with E-state index in [0.717, 1.165) is 12.0 Å². The molecule has 0 bridgehead atoms. The van der Waals surface area contributed by atoms with Gasteiger partial charge in [-0.15, -0.1) is 0 Å². The molecule has 1 atom stereocenters. The van der Waals surface area contributed by atoms with Crippen LogP contribution >= 0.6 is 0 Å². The maximum Gasteiger partial charge on any atom is 0.264 e. The Morgan fingerprint density at radius 2 is 1.73 bits per heavy atom. The van der Waals surface area contributed by atoms with E-state index >= 15 is 0 Å². The van der Waals surface area contributed by atoms with E-state index < -0.39 is 19.8 Å². The molecular formula is C24H34N2O5S2. The molecule has 1 aliphatic rings. The fraction of sp³-hybridized carbons (Fsp3) is 0.500. The van der Waals surface area contributed by atoms with Gasteiger partial charge in [-0.25, -0.2) is 17.4 Å². The summed E-state index contributed by atoms with van der Waals surface area (Å²) in [5.41, 5.74) is 1.70. The van der Waals surface area contributed by atoms with Crippen molar-refractivity contribution in [1.29, 1.82) is 4.78 Å². The van der Waals surface area contributed by atoms with Gasteiger partial charge in [0.05, 0.1) is 38.4 Å². The summed E-state index contributed by atoms with van der Waals surface area (Å²) in [5, 5.41) is 0. The summed E-state index contributed by atoms with van der Waals surface area (Å²) in [6.07, 6.45) is 3.42. The summed E-state index contributed by atoms with van der Waals surface area (Å²) < 4.78 is 61.2. The SMILES string of the molecule is CCc1ccc(N(CC(C)C)S(=O)(=O)c2ccc(OC3CCOCC3)c(S(C)(=N)=O)c2)cc1. The van der Waals surface area contributed by atoms with Gasteiger partial charge in [-0.2, -0.15) is 0 Å². The topological polar surface area (TPSA) is 96.8 Å². The van der Waals surface area contributed by atoms with Crippen molar-refractivity contribution in [2.45, 2.75) is 55.9 Å². The van der Waals surface area contributed by atoms with Crippen molar-refractivity contribution < 1.29 is 22.1 Å². The van der Waals surface area contributed by atoms with Gasteiger partial charge in [0.25, 0.3) is 10.0 Å². The van der Waals surface area contributed by atoms with Crippen LogP contribution in [0.5, 0.6) is 5.75 Å². The van der Waals surface area contributed by atoms with E-state index in [-0.39, 0.29) is 21.8 Å². The van der Waals surface area contributed by atoms with E-state index in [9.17, 15) is 12.6 Å². The van der Waals surface area contributed by atoms with E-state index in [0.29, 0.717) is 44.0 Å². The minimum atomic E-state index is -3.95. The van der Waals surface area contributed by atoms with E-state index in [1.54, 1.807) is 0 Å². The largest absolute Gasteiger partial charge is 0.489 e. The molecule has 2 aromatic rings. The Bertz CT molecular complexity index is 1150. The van der Waals surface area contributed by atoms with Crippen LogP contribution in [0.4, 0.5) is 5.69 Å². The lowest BCUT2D eigenvalue weighted by atomic mass is 10.1. The maximum atomic E-state index is 13.7. The summed E-state index contributed by atoms with van der Waals surface area (Å²) in [7, 11) is -7.18. The molecule has 1 fully saturated rings. The van der Waals surface area contributed by atoms with Gasteiger partial charge in [-0.05, 0) is 48.2 Å². The summed E-state index contributed by atoms with van der Waals surface area (Å²) in [5.74, 6) is 0.388. The Kier molecular flexibility index (Phi) is 8.08. The van der Waals surface area contributed by atoms with Crippen molar-refractivity contribution in [1.82, 2.24) is 0 Å². The van der Waals surface area contributed by atoms with Gasteiger partial charge in [0.15, 0.2) is 0 Å². The van der Waals surface area contributed by atoms with E-state index in [1.165, 1.54) is 28.8 Å². The Labute approximate surface area is 198 Å². The van der Waals surface area contributed by atoms with Gasteiger partial charge < -0.3 is 9.47 Å². The third-order valence-electron chi connectivity index (χ3n) is 5.55. The van der Waals surface area contributed by atoms with Crippen LogP contribution in [0.3, 0.4) is 0 Å². The fourth-order valence-corrected chi connectivity index (χ4v) is 6.30. The number of anilines is 1. The molecular weight excluding hydrogens is 460 g/mol. The number of benzene rings is 2. The number of nitrogens with one attached hydrogen (secondary N) is 1. The second-order valence-corrected chi connectivity index (χ2v) is 12.8. The Balaban J connectivity index is 2.03. The summed E-state index contributed by atoms with van der Waals surface area (Å²) in [6, 6.07) is 11.8. The minimum Gasteiger partial charge on any atom is -0.489 e. The predicted molar refractivity (Wildman–Crippen MR) is 131 cm³/mol.